The SMILES string of the molecule is CCC1=NC2C(C=C1c1cccnc1)C(OCC(F)(F)F)=C(C(=O)NC1CCN(C(=O)CO)CC1)N2C. The first-order valence-electron chi connectivity index (χ1n) is 12.2. The summed E-state index contributed by atoms with van der Waals surface area (Å²) in [6.07, 6.45) is 1.41. The van der Waals surface area contributed by atoms with Gasteiger partial charge in [0.1, 0.15) is 24.2 Å². The van der Waals surface area contributed by atoms with Gasteiger partial charge in [-0.15, -0.1) is 0 Å². The Balaban J connectivity index is 1.63. The number of fused-ring (bicyclic) bond motifs is 1. The van der Waals surface area contributed by atoms with E-state index in [1.54, 1.807) is 30.4 Å². The van der Waals surface area contributed by atoms with Gasteiger partial charge in [-0.2, -0.15) is 13.2 Å². The Labute approximate surface area is 212 Å². The van der Waals surface area contributed by atoms with Crippen molar-refractivity contribution in [2.75, 3.05) is 33.4 Å². The molecule has 3 aliphatic rings. The van der Waals surface area contributed by atoms with Gasteiger partial charge in [-0.1, -0.05) is 19.1 Å². The molecule has 3 aliphatic heterocycles. The van der Waals surface area contributed by atoms with E-state index in [2.05, 4.69) is 10.3 Å². The van der Waals surface area contributed by atoms with E-state index in [0.29, 0.717) is 32.4 Å². The number of ether oxygens (including phenoxy) is 1. The van der Waals surface area contributed by atoms with E-state index in [-0.39, 0.29) is 23.4 Å². The fraction of sp³-hybridized carbons (Fsp3) is 0.520. The number of amides is 2. The molecule has 37 heavy (non-hydrogen) atoms. The zero-order valence-corrected chi connectivity index (χ0v) is 20.7. The minimum absolute atomic E-state index is 0.0102. The summed E-state index contributed by atoms with van der Waals surface area (Å²) in [6.45, 7) is 0.561. The molecule has 200 valence electrons. The van der Waals surface area contributed by atoms with Crippen molar-refractivity contribution in [1.29, 1.82) is 0 Å². The Kier molecular flexibility index (Phi) is 7.86. The largest absolute Gasteiger partial charge is 0.485 e. The van der Waals surface area contributed by atoms with Crippen LogP contribution in [-0.2, 0) is 14.3 Å². The molecular weight excluding hydrogens is 491 g/mol. The normalized spacial score (nSPS) is 22.4. The third-order valence-corrected chi connectivity index (χ3v) is 6.78. The molecule has 0 saturated carbocycles. The molecule has 4 heterocycles. The number of rotatable bonds is 7. The molecule has 4 rings (SSSR count). The lowest BCUT2D eigenvalue weighted by Crippen LogP contribution is -2.48. The number of carbonyl (C=O) groups is 2. The summed E-state index contributed by atoms with van der Waals surface area (Å²) in [7, 11) is 1.62. The number of carbonyl (C=O) groups excluding carboxylic acids is 2. The molecule has 2 N–H and O–H groups in total. The van der Waals surface area contributed by atoms with Gasteiger partial charge < -0.3 is 25.0 Å². The number of nitrogens with zero attached hydrogens (tertiary/aromatic N) is 4. The molecule has 9 nitrogen and oxygen atoms in total. The number of aromatic nitrogens is 1. The molecule has 0 aliphatic carbocycles. The Bertz CT molecular complexity index is 1110. The van der Waals surface area contributed by atoms with E-state index < -0.39 is 37.4 Å². The highest BCUT2D eigenvalue weighted by Crippen LogP contribution is 2.41. The monoisotopic (exact) mass is 521 g/mol. The number of nitrogens with one attached hydrogen (secondary N) is 1. The minimum Gasteiger partial charge on any atom is -0.485 e. The maximum Gasteiger partial charge on any atom is 0.422 e. The number of aliphatic hydroxyl groups excluding tert-OH is 1. The third kappa shape index (κ3) is 5.79. The van der Waals surface area contributed by atoms with Crippen LogP contribution in [0, 0.1) is 5.92 Å². The second-order valence-electron chi connectivity index (χ2n) is 9.21. The zero-order valence-electron chi connectivity index (χ0n) is 20.7. The van der Waals surface area contributed by atoms with Crippen molar-refractivity contribution in [2.24, 2.45) is 10.9 Å². The summed E-state index contributed by atoms with van der Waals surface area (Å²) in [5, 5.41) is 11.9. The number of aliphatic imine (C=N–C) groups is 1. The van der Waals surface area contributed by atoms with Crippen LogP contribution in [0.15, 0.2) is 47.1 Å². The van der Waals surface area contributed by atoms with Crippen molar-refractivity contribution >= 4 is 23.1 Å². The molecule has 0 bridgehead atoms. The summed E-state index contributed by atoms with van der Waals surface area (Å²) in [5.74, 6) is -1.69. The van der Waals surface area contributed by atoms with Crippen LogP contribution in [0.4, 0.5) is 13.2 Å². The van der Waals surface area contributed by atoms with E-state index >= 15 is 0 Å². The molecule has 1 aromatic rings. The first-order valence-corrected chi connectivity index (χ1v) is 12.2. The number of pyridine rings is 1. The van der Waals surface area contributed by atoms with Crippen molar-refractivity contribution in [2.45, 2.75) is 44.6 Å². The number of aliphatic hydroxyl groups is 1. The number of allylic oxidation sites excluding steroid dienone is 1. The lowest BCUT2D eigenvalue weighted by atomic mass is 9.91. The minimum atomic E-state index is -4.58. The predicted molar refractivity (Wildman–Crippen MR) is 129 cm³/mol. The Morgan fingerprint density at radius 3 is 2.59 bits per heavy atom. The van der Waals surface area contributed by atoms with Crippen LogP contribution in [-0.4, -0.2) is 89.2 Å². The fourth-order valence-electron chi connectivity index (χ4n) is 4.96. The number of halogens is 3. The fourth-order valence-corrected chi connectivity index (χ4v) is 4.96. The van der Waals surface area contributed by atoms with Crippen LogP contribution in [0.25, 0.3) is 5.57 Å². The highest BCUT2D eigenvalue weighted by Gasteiger charge is 2.46. The van der Waals surface area contributed by atoms with Crippen molar-refractivity contribution < 1.29 is 32.6 Å². The highest BCUT2D eigenvalue weighted by molar-refractivity contribution is 6.24. The molecule has 1 saturated heterocycles. The maximum absolute atomic E-state index is 13.4. The number of likely N-dealkylation sites (N-methyl/N-ethyl adjacent to an activating group) is 1. The van der Waals surface area contributed by atoms with Crippen molar-refractivity contribution in [3.05, 3.63) is 47.6 Å². The van der Waals surface area contributed by atoms with Crippen LogP contribution in [0.5, 0.6) is 0 Å². The van der Waals surface area contributed by atoms with Gasteiger partial charge in [0.15, 0.2) is 6.61 Å². The van der Waals surface area contributed by atoms with Gasteiger partial charge in [-0.3, -0.25) is 19.6 Å². The van der Waals surface area contributed by atoms with E-state index in [0.717, 1.165) is 16.8 Å². The van der Waals surface area contributed by atoms with Crippen LogP contribution >= 0.6 is 0 Å². The molecule has 1 fully saturated rings. The van der Waals surface area contributed by atoms with Gasteiger partial charge in [0.05, 0.1) is 5.92 Å². The second-order valence-corrected chi connectivity index (χ2v) is 9.21. The molecule has 0 radical (unpaired) electrons. The summed E-state index contributed by atoms with van der Waals surface area (Å²) in [4.78, 5) is 37.2. The third-order valence-electron chi connectivity index (χ3n) is 6.78. The highest BCUT2D eigenvalue weighted by atomic mass is 19.4. The molecule has 0 spiro atoms. The number of hydrogen-bond acceptors (Lipinski definition) is 7. The van der Waals surface area contributed by atoms with Crippen molar-refractivity contribution in [3.8, 4) is 0 Å². The molecule has 12 heteroatoms. The zero-order chi connectivity index (χ0) is 26.7. The van der Waals surface area contributed by atoms with Gasteiger partial charge in [-0.05, 0) is 25.3 Å². The Morgan fingerprint density at radius 1 is 1.27 bits per heavy atom. The van der Waals surface area contributed by atoms with E-state index in [4.69, 9.17) is 14.8 Å². The maximum atomic E-state index is 13.4. The summed E-state index contributed by atoms with van der Waals surface area (Å²) in [6, 6.07) is 3.34. The van der Waals surface area contributed by atoms with Crippen LogP contribution in [0.2, 0.25) is 0 Å². The molecular formula is C25H30F3N5O4. The first kappa shape index (κ1) is 26.6. The van der Waals surface area contributed by atoms with E-state index in [1.807, 2.05) is 19.1 Å². The molecule has 0 aromatic carbocycles. The molecule has 1 aromatic heterocycles. The Hall–Kier alpha value is -3.41. The summed E-state index contributed by atoms with van der Waals surface area (Å²) in [5.41, 5.74) is 2.30. The van der Waals surface area contributed by atoms with E-state index in [9.17, 15) is 22.8 Å². The lowest BCUT2D eigenvalue weighted by Gasteiger charge is -2.33. The topological polar surface area (TPSA) is 107 Å². The number of alkyl halides is 3. The second kappa shape index (κ2) is 10.9. The number of piperidine rings is 1. The van der Waals surface area contributed by atoms with E-state index in [1.165, 1.54) is 4.90 Å². The summed E-state index contributed by atoms with van der Waals surface area (Å²) < 4.78 is 44.8. The van der Waals surface area contributed by atoms with Crippen LogP contribution in [0.1, 0.15) is 31.7 Å². The summed E-state index contributed by atoms with van der Waals surface area (Å²) >= 11 is 0. The molecule has 2 atom stereocenters. The first-order chi connectivity index (χ1) is 17.6. The van der Waals surface area contributed by atoms with Gasteiger partial charge in [0, 0.05) is 55.4 Å². The number of likely N-dealkylation sites (tertiary alicyclic amines) is 1. The molecule has 2 unspecified atom stereocenters. The van der Waals surface area contributed by atoms with Crippen molar-refractivity contribution in [1.82, 2.24) is 20.1 Å². The quantitative estimate of drug-likeness (QED) is 0.569. The predicted octanol–water partition coefficient (Wildman–Crippen LogP) is 2.11. The number of hydrogen-bond donors (Lipinski definition) is 2. The van der Waals surface area contributed by atoms with Crippen LogP contribution < -0.4 is 5.32 Å². The Morgan fingerprint density at radius 2 is 2.00 bits per heavy atom. The standard InChI is InChI=1S/C25H30F3N5O4/c1-3-19-17(15-5-4-8-29-12-15)11-18-22(37-14-25(26,27)28)21(32(2)23(18)31-19)24(36)30-16-6-9-33(10-7-16)20(35)13-34/h4-5,8,11-12,16,18,23,34H,3,6-7,9-10,13-14H2,1-2H3,(H,30,36). The van der Waals surface area contributed by atoms with Crippen molar-refractivity contribution in [3.63, 3.8) is 0 Å². The lowest BCUT2D eigenvalue weighted by molar-refractivity contribution is -0.166. The van der Waals surface area contributed by atoms with Gasteiger partial charge in [0.2, 0.25) is 5.91 Å². The van der Waals surface area contributed by atoms with Gasteiger partial charge in [0.25, 0.3) is 5.91 Å². The average Bonchev–Trinajstić information content (AvgIpc) is 3.17. The number of dihydropyridines is 1. The average molecular weight is 522 g/mol. The smallest absolute Gasteiger partial charge is 0.422 e. The van der Waals surface area contributed by atoms with Gasteiger partial charge >= 0.3 is 6.18 Å². The van der Waals surface area contributed by atoms with Crippen LogP contribution in [0.3, 0.4) is 0 Å². The molecule has 2 amide bonds. The van der Waals surface area contributed by atoms with Gasteiger partial charge in [-0.25, -0.2) is 0 Å².